The van der Waals surface area contributed by atoms with Gasteiger partial charge in [0.1, 0.15) is 11.6 Å². The van der Waals surface area contributed by atoms with Crippen LogP contribution in [0.5, 0.6) is 0 Å². The number of carbonyl (C=O) groups excluding carboxylic acids is 1. The molecule has 1 aromatic carbocycles. The number of hydrogen-bond donors (Lipinski definition) is 0. The van der Waals surface area contributed by atoms with E-state index in [-0.39, 0.29) is 11.3 Å². The van der Waals surface area contributed by atoms with E-state index in [4.69, 9.17) is 4.52 Å². The summed E-state index contributed by atoms with van der Waals surface area (Å²) in [6.45, 7) is 3.56. The molecule has 1 heterocycles. The molecule has 0 aliphatic rings. The number of carbonyl (C=O) groups is 1. The number of halogens is 1. The number of benzene rings is 1. The highest BCUT2D eigenvalue weighted by Gasteiger charge is 2.15. The standard InChI is InChI=1S/C16H17FN2O2/c1-10-16(11(2)21-18-10)12-5-6-13(14(17)9-12)15(20)7-8-19(3)4/h5-9H,1-4H3/b8-7+. The molecule has 0 saturated heterocycles. The molecule has 4 nitrogen and oxygen atoms in total. The molecule has 0 radical (unpaired) electrons. The van der Waals surface area contributed by atoms with Gasteiger partial charge in [0.25, 0.3) is 0 Å². The Morgan fingerprint density at radius 1 is 1.33 bits per heavy atom. The molecule has 110 valence electrons. The Morgan fingerprint density at radius 2 is 2.05 bits per heavy atom. The lowest BCUT2D eigenvalue weighted by atomic mass is 10.0. The van der Waals surface area contributed by atoms with Crippen molar-refractivity contribution in [3.8, 4) is 11.1 Å². The Morgan fingerprint density at radius 3 is 2.57 bits per heavy atom. The second-order valence-electron chi connectivity index (χ2n) is 5.04. The molecular formula is C16H17FN2O2. The van der Waals surface area contributed by atoms with Crippen molar-refractivity contribution in [1.29, 1.82) is 0 Å². The molecule has 0 fully saturated rings. The van der Waals surface area contributed by atoms with Gasteiger partial charge in [-0.25, -0.2) is 4.39 Å². The fourth-order valence-corrected chi connectivity index (χ4v) is 2.07. The van der Waals surface area contributed by atoms with Crippen molar-refractivity contribution in [3.05, 3.63) is 53.3 Å². The summed E-state index contributed by atoms with van der Waals surface area (Å²) < 4.78 is 19.2. The number of nitrogens with zero attached hydrogens (tertiary/aromatic N) is 2. The number of rotatable bonds is 4. The van der Waals surface area contributed by atoms with Crippen molar-refractivity contribution < 1.29 is 13.7 Å². The van der Waals surface area contributed by atoms with Crippen LogP contribution in [0.4, 0.5) is 4.39 Å². The predicted octanol–water partition coefficient (Wildman–Crippen LogP) is 3.36. The van der Waals surface area contributed by atoms with Gasteiger partial charge in [0.15, 0.2) is 5.78 Å². The van der Waals surface area contributed by atoms with Gasteiger partial charge >= 0.3 is 0 Å². The van der Waals surface area contributed by atoms with Gasteiger partial charge in [0.05, 0.1) is 11.3 Å². The fourth-order valence-electron chi connectivity index (χ4n) is 2.07. The molecule has 0 unspecified atom stereocenters. The zero-order valence-electron chi connectivity index (χ0n) is 12.5. The lowest BCUT2D eigenvalue weighted by Crippen LogP contribution is -2.04. The molecular weight excluding hydrogens is 271 g/mol. The van der Waals surface area contributed by atoms with E-state index in [0.717, 1.165) is 5.56 Å². The Hall–Kier alpha value is -2.43. The third-order valence-electron chi connectivity index (χ3n) is 3.08. The van der Waals surface area contributed by atoms with Crippen LogP contribution in [0.3, 0.4) is 0 Å². The van der Waals surface area contributed by atoms with Gasteiger partial charge in [-0.05, 0) is 31.5 Å². The van der Waals surface area contributed by atoms with Crippen LogP contribution in [-0.2, 0) is 0 Å². The van der Waals surface area contributed by atoms with Crippen LogP contribution in [0.1, 0.15) is 21.8 Å². The quantitative estimate of drug-likeness (QED) is 0.639. The molecule has 0 bridgehead atoms. The van der Waals surface area contributed by atoms with E-state index < -0.39 is 5.82 Å². The molecule has 0 saturated carbocycles. The van der Waals surface area contributed by atoms with Crippen LogP contribution in [0.15, 0.2) is 35.0 Å². The van der Waals surface area contributed by atoms with E-state index in [1.807, 2.05) is 0 Å². The Bertz CT molecular complexity index is 683. The summed E-state index contributed by atoms with van der Waals surface area (Å²) in [6, 6.07) is 4.52. The Balaban J connectivity index is 2.36. The third-order valence-corrected chi connectivity index (χ3v) is 3.08. The summed E-state index contributed by atoms with van der Waals surface area (Å²) in [4.78, 5) is 13.6. The maximum absolute atomic E-state index is 14.2. The lowest BCUT2D eigenvalue weighted by molar-refractivity contribution is 0.104. The summed E-state index contributed by atoms with van der Waals surface area (Å²) in [6.07, 6.45) is 2.93. The second-order valence-corrected chi connectivity index (χ2v) is 5.04. The van der Waals surface area contributed by atoms with Crippen LogP contribution in [0.25, 0.3) is 11.1 Å². The number of aromatic nitrogens is 1. The van der Waals surface area contributed by atoms with Crippen LogP contribution in [-0.4, -0.2) is 29.9 Å². The van der Waals surface area contributed by atoms with E-state index in [2.05, 4.69) is 5.16 Å². The highest BCUT2D eigenvalue weighted by molar-refractivity contribution is 6.04. The van der Waals surface area contributed by atoms with Gasteiger partial charge in [-0.2, -0.15) is 0 Å². The maximum atomic E-state index is 14.2. The van der Waals surface area contributed by atoms with Crippen molar-refractivity contribution >= 4 is 5.78 Å². The van der Waals surface area contributed by atoms with E-state index in [9.17, 15) is 9.18 Å². The molecule has 0 aliphatic heterocycles. The zero-order chi connectivity index (χ0) is 15.6. The molecule has 1 aromatic heterocycles. The van der Waals surface area contributed by atoms with Crippen molar-refractivity contribution in [2.45, 2.75) is 13.8 Å². The smallest absolute Gasteiger partial charge is 0.190 e. The molecule has 2 rings (SSSR count). The number of ketones is 1. The van der Waals surface area contributed by atoms with Crippen molar-refractivity contribution in [2.75, 3.05) is 14.1 Å². The van der Waals surface area contributed by atoms with Gasteiger partial charge in [-0.3, -0.25) is 4.79 Å². The van der Waals surface area contributed by atoms with E-state index in [0.29, 0.717) is 17.0 Å². The van der Waals surface area contributed by atoms with Gasteiger partial charge in [0, 0.05) is 31.9 Å². The topological polar surface area (TPSA) is 46.3 Å². The van der Waals surface area contributed by atoms with E-state index >= 15 is 0 Å². The maximum Gasteiger partial charge on any atom is 0.190 e. The molecule has 0 N–H and O–H groups in total. The Kier molecular flexibility index (Phi) is 4.21. The first-order chi connectivity index (χ1) is 9.90. The molecule has 0 spiro atoms. The van der Waals surface area contributed by atoms with Gasteiger partial charge in [-0.15, -0.1) is 0 Å². The third kappa shape index (κ3) is 3.18. The highest BCUT2D eigenvalue weighted by Crippen LogP contribution is 2.28. The molecule has 5 heteroatoms. The summed E-state index contributed by atoms with van der Waals surface area (Å²) in [7, 11) is 3.58. The summed E-state index contributed by atoms with van der Waals surface area (Å²) in [5.74, 6) is -0.300. The summed E-state index contributed by atoms with van der Waals surface area (Å²) in [5, 5.41) is 3.85. The minimum atomic E-state index is -0.555. The van der Waals surface area contributed by atoms with Crippen molar-refractivity contribution in [1.82, 2.24) is 10.1 Å². The molecule has 21 heavy (non-hydrogen) atoms. The largest absolute Gasteiger partial charge is 0.383 e. The van der Waals surface area contributed by atoms with Crippen LogP contribution >= 0.6 is 0 Å². The van der Waals surface area contributed by atoms with Crippen LogP contribution < -0.4 is 0 Å². The fraction of sp³-hybridized carbons (Fsp3) is 0.250. The van der Waals surface area contributed by atoms with Gasteiger partial charge in [0.2, 0.25) is 0 Å². The summed E-state index contributed by atoms with van der Waals surface area (Å²) in [5.41, 5.74) is 2.15. The SMILES string of the molecule is Cc1noc(C)c1-c1ccc(C(=O)/C=C/N(C)C)c(F)c1. The van der Waals surface area contributed by atoms with Crippen LogP contribution in [0, 0.1) is 19.7 Å². The number of allylic oxidation sites excluding steroid dienone is 1. The first kappa shape index (κ1) is 15.0. The minimum absolute atomic E-state index is 0.0450. The van der Waals surface area contributed by atoms with E-state index in [1.54, 1.807) is 45.1 Å². The first-order valence-electron chi connectivity index (χ1n) is 6.52. The van der Waals surface area contributed by atoms with Crippen LogP contribution in [0.2, 0.25) is 0 Å². The molecule has 0 atom stereocenters. The predicted molar refractivity (Wildman–Crippen MR) is 78.5 cm³/mol. The second kappa shape index (κ2) is 5.91. The average molecular weight is 288 g/mol. The average Bonchev–Trinajstić information content (AvgIpc) is 2.75. The van der Waals surface area contributed by atoms with Gasteiger partial charge in [-0.1, -0.05) is 11.2 Å². The monoisotopic (exact) mass is 288 g/mol. The zero-order valence-corrected chi connectivity index (χ0v) is 12.5. The normalized spacial score (nSPS) is 11.1. The first-order valence-corrected chi connectivity index (χ1v) is 6.52. The highest BCUT2D eigenvalue weighted by atomic mass is 19.1. The summed E-state index contributed by atoms with van der Waals surface area (Å²) >= 11 is 0. The van der Waals surface area contributed by atoms with E-state index in [1.165, 1.54) is 18.2 Å². The number of aryl methyl sites for hydroxylation is 2. The molecule has 0 amide bonds. The van der Waals surface area contributed by atoms with Gasteiger partial charge < -0.3 is 9.42 Å². The number of hydrogen-bond acceptors (Lipinski definition) is 4. The lowest BCUT2D eigenvalue weighted by Gasteiger charge is -2.05. The minimum Gasteiger partial charge on any atom is -0.383 e. The molecule has 0 aliphatic carbocycles. The Labute approximate surface area is 122 Å². The molecule has 2 aromatic rings. The van der Waals surface area contributed by atoms with Crippen molar-refractivity contribution in [2.24, 2.45) is 0 Å². The van der Waals surface area contributed by atoms with Crippen molar-refractivity contribution in [3.63, 3.8) is 0 Å².